The molecule has 0 aromatic heterocycles. The highest BCUT2D eigenvalue weighted by atomic mass is 16.5. The van der Waals surface area contributed by atoms with Gasteiger partial charge in [0.1, 0.15) is 6.61 Å². The van der Waals surface area contributed by atoms with E-state index in [2.05, 4.69) is 11.9 Å². The molecule has 0 aromatic carbocycles. The van der Waals surface area contributed by atoms with Gasteiger partial charge in [0.25, 0.3) is 0 Å². The van der Waals surface area contributed by atoms with E-state index < -0.39 is 0 Å². The van der Waals surface area contributed by atoms with Crippen LogP contribution in [0.2, 0.25) is 0 Å². The van der Waals surface area contributed by atoms with E-state index >= 15 is 0 Å². The standard InChI is InChI=1S/C14H22N2O2/c1-10(2)6-13(7-11(3)15)9-18-14(17)16-8-12-4-5-12/h6-7,12H,1,4-5,8-9,15H2,2-3H3,(H,16,17)/b11-7-,13-6+. The number of hydrogen-bond donors (Lipinski definition) is 2. The van der Waals surface area contributed by atoms with Crippen molar-refractivity contribution in [2.75, 3.05) is 13.2 Å². The molecule has 1 aliphatic rings. The van der Waals surface area contributed by atoms with Gasteiger partial charge in [-0.15, -0.1) is 0 Å². The summed E-state index contributed by atoms with van der Waals surface area (Å²) in [4.78, 5) is 11.4. The Morgan fingerprint density at radius 1 is 1.44 bits per heavy atom. The van der Waals surface area contributed by atoms with Crippen LogP contribution in [0.5, 0.6) is 0 Å². The lowest BCUT2D eigenvalue weighted by Gasteiger charge is -2.08. The van der Waals surface area contributed by atoms with E-state index in [1.807, 2.05) is 13.0 Å². The average molecular weight is 250 g/mol. The minimum absolute atomic E-state index is 0.206. The number of nitrogens with one attached hydrogen (secondary N) is 1. The lowest BCUT2D eigenvalue weighted by Crippen LogP contribution is -2.26. The Morgan fingerprint density at radius 3 is 2.61 bits per heavy atom. The molecule has 0 spiro atoms. The number of allylic oxidation sites excluding steroid dienone is 3. The zero-order valence-corrected chi connectivity index (χ0v) is 11.2. The van der Waals surface area contributed by atoms with E-state index in [0.717, 1.165) is 11.1 Å². The van der Waals surface area contributed by atoms with Crippen molar-refractivity contribution in [3.8, 4) is 0 Å². The van der Waals surface area contributed by atoms with Crippen molar-refractivity contribution in [1.82, 2.24) is 5.32 Å². The molecule has 0 bridgehead atoms. The summed E-state index contributed by atoms with van der Waals surface area (Å²) in [7, 11) is 0. The monoisotopic (exact) mass is 250 g/mol. The van der Waals surface area contributed by atoms with Gasteiger partial charge in [-0.2, -0.15) is 0 Å². The normalized spacial score (nSPS) is 16.3. The van der Waals surface area contributed by atoms with Crippen LogP contribution in [0.4, 0.5) is 4.79 Å². The Bertz CT molecular complexity index is 375. The third kappa shape index (κ3) is 6.78. The fourth-order valence-electron chi connectivity index (χ4n) is 1.48. The number of carbonyl (C=O) groups excluding carboxylic acids is 1. The topological polar surface area (TPSA) is 64.3 Å². The zero-order chi connectivity index (χ0) is 13.5. The van der Waals surface area contributed by atoms with Gasteiger partial charge >= 0.3 is 6.09 Å². The smallest absolute Gasteiger partial charge is 0.407 e. The van der Waals surface area contributed by atoms with Crippen LogP contribution >= 0.6 is 0 Å². The van der Waals surface area contributed by atoms with Gasteiger partial charge in [0, 0.05) is 12.2 Å². The number of carbonyl (C=O) groups is 1. The van der Waals surface area contributed by atoms with Crippen LogP contribution in [0.3, 0.4) is 0 Å². The van der Waals surface area contributed by atoms with Gasteiger partial charge in [0.15, 0.2) is 0 Å². The zero-order valence-electron chi connectivity index (χ0n) is 11.2. The van der Waals surface area contributed by atoms with Gasteiger partial charge in [-0.25, -0.2) is 4.79 Å². The Balaban J connectivity index is 2.38. The van der Waals surface area contributed by atoms with E-state index in [-0.39, 0.29) is 12.7 Å². The molecule has 0 aliphatic heterocycles. The van der Waals surface area contributed by atoms with Crippen molar-refractivity contribution in [3.63, 3.8) is 0 Å². The van der Waals surface area contributed by atoms with Crippen molar-refractivity contribution in [3.05, 3.63) is 35.6 Å². The molecular weight excluding hydrogens is 228 g/mol. The predicted molar refractivity (Wildman–Crippen MR) is 72.9 cm³/mol. The molecular formula is C14H22N2O2. The Kier molecular flexibility index (Phi) is 5.49. The molecule has 1 saturated carbocycles. The van der Waals surface area contributed by atoms with Crippen LogP contribution in [-0.4, -0.2) is 19.2 Å². The molecule has 0 radical (unpaired) electrons. The summed E-state index contributed by atoms with van der Waals surface area (Å²) in [5.74, 6) is 0.647. The lowest BCUT2D eigenvalue weighted by atomic mass is 10.1. The summed E-state index contributed by atoms with van der Waals surface area (Å²) < 4.78 is 5.12. The number of hydrogen-bond acceptors (Lipinski definition) is 3. The van der Waals surface area contributed by atoms with E-state index in [0.29, 0.717) is 18.2 Å². The van der Waals surface area contributed by atoms with Gasteiger partial charge in [0.2, 0.25) is 0 Å². The first kappa shape index (κ1) is 14.4. The summed E-state index contributed by atoms with van der Waals surface area (Å²) in [6.07, 6.45) is 5.66. The minimum Gasteiger partial charge on any atom is -0.445 e. The van der Waals surface area contributed by atoms with Crippen LogP contribution in [0.25, 0.3) is 0 Å². The molecule has 1 fully saturated rings. The average Bonchev–Trinajstić information content (AvgIpc) is 3.05. The Morgan fingerprint density at radius 2 is 2.11 bits per heavy atom. The van der Waals surface area contributed by atoms with Gasteiger partial charge in [-0.3, -0.25) is 0 Å². The highest BCUT2D eigenvalue weighted by molar-refractivity contribution is 5.67. The summed E-state index contributed by atoms with van der Waals surface area (Å²) in [6, 6.07) is 0. The van der Waals surface area contributed by atoms with Crippen LogP contribution in [-0.2, 0) is 4.74 Å². The number of ether oxygens (including phenoxy) is 1. The predicted octanol–water partition coefficient (Wildman–Crippen LogP) is 2.49. The maximum absolute atomic E-state index is 11.4. The first-order valence-electron chi connectivity index (χ1n) is 6.18. The second kappa shape index (κ2) is 6.89. The molecule has 18 heavy (non-hydrogen) atoms. The fourth-order valence-corrected chi connectivity index (χ4v) is 1.48. The van der Waals surface area contributed by atoms with E-state index in [4.69, 9.17) is 10.5 Å². The van der Waals surface area contributed by atoms with Crippen molar-refractivity contribution in [2.45, 2.75) is 26.7 Å². The largest absolute Gasteiger partial charge is 0.445 e. The van der Waals surface area contributed by atoms with Crippen molar-refractivity contribution in [1.29, 1.82) is 0 Å². The third-order valence-electron chi connectivity index (χ3n) is 2.45. The number of nitrogens with two attached hydrogens (primary N) is 1. The minimum atomic E-state index is -0.377. The van der Waals surface area contributed by atoms with E-state index in [1.165, 1.54) is 12.8 Å². The molecule has 0 unspecified atom stereocenters. The second-order valence-electron chi connectivity index (χ2n) is 4.85. The number of amides is 1. The molecule has 1 amide bonds. The number of rotatable bonds is 6. The van der Waals surface area contributed by atoms with E-state index in [1.54, 1.807) is 13.0 Å². The third-order valence-corrected chi connectivity index (χ3v) is 2.45. The molecule has 100 valence electrons. The van der Waals surface area contributed by atoms with Crippen molar-refractivity contribution >= 4 is 6.09 Å². The molecule has 4 nitrogen and oxygen atoms in total. The van der Waals surface area contributed by atoms with Gasteiger partial charge in [-0.1, -0.05) is 18.2 Å². The molecule has 0 aromatic rings. The van der Waals surface area contributed by atoms with Gasteiger partial charge in [0.05, 0.1) is 0 Å². The molecule has 0 saturated heterocycles. The van der Waals surface area contributed by atoms with Gasteiger partial charge in [-0.05, 0) is 44.3 Å². The van der Waals surface area contributed by atoms with Crippen LogP contribution in [0, 0.1) is 5.92 Å². The summed E-state index contributed by atoms with van der Waals surface area (Å²) >= 11 is 0. The summed E-state index contributed by atoms with van der Waals surface area (Å²) in [6.45, 7) is 8.39. The first-order chi connectivity index (χ1) is 8.47. The van der Waals surface area contributed by atoms with Crippen molar-refractivity contribution < 1.29 is 9.53 Å². The molecule has 3 N–H and O–H groups in total. The fraction of sp³-hybridized carbons (Fsp3) is 0.500. The molecule has 1 rings (SSSR count). The Labute approximate surface area is 109 Å². The lowest BCUT2D eigenvalue weighted by molar-refractivity contribution is 0.156. The van der Waals surface area contributed by atoms with Crippen LogP contribution < -0.4 is 11.1 Å². The van der Waals surface area contributed by atoms with Crippen LogP contribution in [0.15, 0.2) is 35.6 Å². The SMILES string of the molecule is C=C(C)/C=C(\C=C(\C)N)COC(=O)NCC1CC1. The summed E-state index contributed by atoms with van der Waals surface area (Å²) in [5.41, 5.74) is 8.02. The molecule has 0 atom stereocenters. The first-order valence-corrected chi connectivity index (χ1v) is 6.18. The number of alkyl carbamates (subject to hydrolysis) is 1. The Hall–Kier alpha value is -1.71. The highest BCUT2D eigenvalue weighted by Gasteiger charge is 2.21. The van der Waals surface area contributed by atoms with Crippen molar-refractivity contribution in [2.24, 2.45) is 11.7 Å². The maximum Gasteiger partial charge on any atom is 0.407 e. The second-order valence-corrected chi connectivity index (χ2v) is 4.85. The van der Waals surface area contributed by atoms with E-state index in [9.17, 15) is 4.79 Å². The molecule has 1 aliphatic carbocycles. The molecule has 0 heterocycles. The maximum atomic E-state index is 11.4. The van der Waals surface area contributed by atoms with Gasteiger partial charge < -0.3 is 15.8 Å². The summed E-state index contributed by atoms with van der Waals surface area (Å²) in [5, 5.41) is 2.74. The highest BCUT2D eigenvalue weighted by Crippen LogP contribution is 2.27. The van der Waals surface area contributed by atoms with Crippen LogP contribution in [0.1, 0.15) is 26.7 Å². The quantitative estimate of drug-likeness (QED) is 0.712. The molecule has 4 heteroatoms.